The van der Waals surface area contributed by atoms with Crippen LogP contribution in [0.15, 0.2) is 18.2 Å². The lowest BCUT2D eigenvalue weighted by Gasteiger charge is -2.29. The predicted molar refractivity (Wildman–Crippen MR) is 91.1 cm³/mol. The Labute approximate surface area is 147 Å². The lowest BCUT2D eigenvalue weighted by molar-refractivity contribution is -0.898. The van der Waals surface area contributed by atoms with Crippen LogP contribution < -0.4 is 20.1 Å². The monoisotopic (exact) mass is 348 g/mol. The van der Waals surface area contributed by atoms with E-state index in [1.807, 2.05) is 30.0 Å². The van der Waals surface area contributed by atoms with Crippen LogP contribution in [-0.4, -0.2) is 49.7 Å². The van der Waals surface area contributed by atoms with Gasteiger partial charge in [0.15, 0.2) is 18.0 Å². The van der Waals surface area contributed by atoms with Crippen LogP contribution in [0.2, 0.25) is 0 Å². The second-order valence-electron chi connectivity index (χ2n) is 6.70. The topological polar surface area (TPSA) is 86.3 Å². The maximum absolute atomic E-state index is 12.7. The van der Waals surface area contributed by atoms with Gasteiger partial charge in [-0.2, -0.15) is 0 Å². The summed E-state index contributed by atoms with van der Waals surface area (Å²) in [7, 11) is 0. The third-order valence-corrected chi connectivity index (χ3v) is 5.04. The molecule has 0 radical (unpaired) electrons. The summed E-state index contributed by atoms with van der Waals surface area (Å²) in [6.45, 7) is 5.55. The van der Waals surface area contributed by atoms with Crippen LogP contribution in [0.1, 0.15) is 25.3 Å². The number of nitrogens with one attached hydrogen (secondary N) is 1. The smallest absolute Gasteiger partial charge is 0.278 e. The Bertz CT molecular complexity index is 641. The minimum atomic E-state index is -0.219. The van der Waals surface area contributed by atoms with Gasteiger partial charge in [0.2, 0.25) is 12.7 Å². The number of rotatable bonds is 6. The van der Waals surface area contributed by atoms with Gasteiger partial charge >= 0.3 is 0 Å². The molecule has 1 fully saturated rings. The largest absolute Gasteiger partial charge is 0.454 e. The van der Waals surface area contributed by atoms with E-state index in [1.165, 1.54) is 4.90 Å². The van der Waals surface area contributed by atoms with E-state index in [9.17, 15) is 9.59 Å². The van der Waals surface area contributed by atoms with Gasteiger partial charge in [-0.1, -0.05) is 6.07 Å². The van der Waals surface area contributed by atoms with E-state index in [4.69, 9.17) is 15.2 Å². The summed E-state index contributed by atoms with van der Waals surface area (Å²) in [6, 6.07) is 5.79. The Morgan fingerprint density at radius 2 is 1.96 bits per heavy atom. The molecular weight excluding hydrogens is 322 g/mol. The average Bonchev–Trinajstić information content (AvgIpc) is 3.07. The summed E-state index contributed by atoms with van der Waals surface area (Å²) in [6.07, 6.45) is 1.54. The van der Waals surface area contributed by atoms with Crippen LogP contribution >= 0.6 is 0 Å². The first kappa shape index (κ1) is 17.5. The quantitative estimate of drug-likeness (QED) is 0.729. The summed E-state index contributed by atoms with van der Waals surface area (Å²) in [5.74, 6) is 1.37. The van der Waals surface area contributed by atoms with Crippen LogP contribution in [0.25, 0.3) is 0 Å². The lowest BCUT2D eigenvalue weighted by atomic mass is 9.96. The van der Waals surface area contributed by atoms with Crippen molar-refractivity contribution in [2.75, 3.05) is 33.0 Å². The van der Waals surface area contributed by atoms with E-state index < -0.39 is 0 Å². The minimum Gasteiger partial charge on any atom is -0.454 e. The molecule has 25 heavy (non-hydrogen) atoms. The molecule has 136 valence electrons. The van der Waals surface area contributed by atoms with Crippen molar-refractivity contribution in [2.45, 2.75) is 26.3 Å². The fraction of sp³-hybridized carbons (Fsp3) is 0.556. The fourth-order valence-electron chi connectivity index (χ4n) is 3.45. The molecule has 0 atom stereocenters. The number of ether oxygens (including phenoxy) is 2. The Morgan fingerprint density at radius 3 is 2.64 bits per heavy atom. The summed E-state index contributed by atoms with van der Waals surface area (Å²) in [5.41, 5.74) is 6.40. The number of carbonyl (C=O) groups is 2. The van der Waals surface area contributed by atoms with E-state index >= 15 is 0 Å². The van der Waals surface area contributed by atoms with Crippen molar-refractivity contribution in [2.24, 2.45) is 11.7 Å². The molecule has 0 aliphatic carbocycles. The number of carbonyl (C=O) groups excluding carboxylic acids is 2. The number of quaternary nitrogens is 1. The van der Waals surface area contributed by atoms with E-state index in [2.05, 4.69) is 0 Å². The molecule has 1 aromatic carbocycles. The Morgan fingerprint density at radius 1 is 1.24 bits per heavy atom. The first-order chi connectivity index (χ1) is 12.1. The molecule has 2 aliphatic heterocycles. The number of amides is 2. The van der Waals surface area contributed by atoms with E-state index in [-0.39, 0.29) is 24.5 Å². The zero-order chi connectivity index (χ0) is 17.8. The second kappa shape index (κ2) is 7.74. The Hall–Kier alpha value is -2.28. The van der Waals surface area contributed by atoms with Crippen LogP contribution in [0.3, 0.4) is 0 Å². The van der Waals surface area contributed by atoms with Gasteiger partial charge in [0.25, 0.3) is 5.91 Å². The molecule has 0 unspecified atom stereocenters. The average molecular weight is 348 g/mol. The standard InChI is InChI=1S/C18H25N3O4/c1-2-21(10-13-3-4-15-16(9-13)25-12-24-15)17(22)11-20-7-5-14(6-8-20)18(19)23/h3-4,9,14H,2,5-8,10-12H2,1H3,(H2,19,23)/p+1. The van der Waals surface area contributed by atoms with E-state index in [0.717, 1.165) is 43.0 Å². The van der Waals surface area contributed by atoms with Crippen LogP contribution in [0.5, 0.6) is 11.5 Å². The molecule has 0 aromatic heterocycles. The van der Waals surface area contributed by atoms with Crippen molar-refractivity contribution in [3.8, 4) is 11.5 Å². The maximum atomic E-state index is 12.7. The van der Waals surface area contributed by atoms with Crippen molar-refractivity contribution >= 4 is 11.8 Å². The summed E-state index contributed by atoms with van der Waals surface area (Å²) >= 11 is 0. The van der Waals surface area contributed by atoms with Crippen molar-refractivity contribution in [3.05, 3.63) is 23.8 Å². The lowest BCUT2D eigenvalue weighted by Crippen LogP contribution is -3.14. The van der Waals surface area contributed by atoms with E-state index in [1.54, 1.807) is 0 Å². The third kappa shape index (κ3) is 4.22. The van der Waals surface area contributed by atoms with Crippen LogP contribution in [-0.2, 0) is 16.1 Å². The minimum absolute atomic E-state index is 0.0326. The summed E-state index contributed by atoms with van der Waals surface area (Å²) < 4.78 is 10.7. The summed E-state index contributed by atoms with van der Waals surface area (Å²) in [4.78, 5) is 27.0. The van der Waals surface area contributed by atoms with Crippen LogP contribution in [0, 0.1) is 5.92 Å². The first-order valence-corrected chi connectivity index (χ1v) is 8.86. The molecule has 0 saturated carbocycles. The molecule has 0 bridgehead atoms. The molecule has 7 nitrogen and oxygen atoms in total. The SMILES string of the molecule is CCN(Cc1ccc2c(c1)OCO2)C(=O)C[NH+]1CCC(C(N)=O)CC1. The number of benzene rings is 1. The van der Waals surface area contributed by atoms with Crippen molar-refractivity contribution in [3.63, 3.8) is 0 Å². The summed E-state index contributed by atoms with van der Waals surface area (Å²) in [5, 5.41) is 0. The molecule has 1 aromatic rings. The van der Waals surface area contributed by atoms with Crippen molar-refractivity contribution in [1.82, 2.24) is 4.90 Å². The normalized spacial score (nSPS) is 21.8. The molecule has 1 saturated heterocycles. The van der Waals surface area contributed by atoms with Crippen molar-refractivity contribution < 1.29 is 24.0 Å². The number of nitrogens with zero attached hydrogens (tertiary/aromatic N) is 1. The second-order valence-corrected chi connectivity index (χ2v) is 6.70. The molecule has 7 heteroatoms. The fourth-order valence-corrected chi connectivity index (χ4v) is 3.45. The molecule has 2 aliphatic rings. The number of fused-ring (bicyclic) bond motifs is 1. The zero-order valence-electron chi connectivity index (χ0n) is 14.6. The molecule has 2 heterocycles. The highest BCUT2D eigenvalue weighted by Gasteiger charge is 2.28. The third-order valence-electron chi connectivity index (χ3n) is 5.04. The number of primary amides is 1. The number of piperidine rings is 1. The molecule has 3 rings (SSSR count). The van der Waals surface area contributed by atoms with E-state index in [0.29, 0.717) is 19.6 Å². The van der Waals surface area contributed by atoms with Gasteiger partial charge in [-0.3, -0.25) is 9.59 Å². The van der Waals surface area contributed by atoms with Gasteiger partial charge < -0.3 is 25.0 Å². The first-order valence-electron chi connectivity index (χ1n) is 8.86. The zero-order valence-corrected chi connectivity index (χ0v) is 14.6. The molecule has 0 spiro atoms. The Balaban J connectivity index is 1.54. The van der Waals surface area contributed by atoms with Gasteiger partial charge in [0.1, 0.15) is 0 Å². The van der Waals surface area contributed by atoms with Gasteiger partial charge in [0.05, 0.1) is 13.1 Å². The highest BCUT2D eigenvalue weighted by molar-refractivity contribution is 5.77. The highest BCUT2D eigenvalue weighted by atomic mass is 16.7. The number of nitrogens with two attached hydrogens (primary N) is 1. The maximum Gasteiger partial charge on any atom is 0.278 e. The Kier molecular flexibility index (Phi) is 5.43. The number of hydrogen-bond acceptors (Lipinski definition) is 4. The number of likely N-dealkylation sites (N-methyl/N-ethyl adjacent to an activating group) is 1. The van der Waals surface area contributed by atoms with Gasteiger partial charge in [-0.25, -0.2) is 0 Å². The number of likely N-dealkylation sites (tertiary alicyclic amines) is 1. The highest BCUT2D eigenvalue weighted by Crippen LogP contribution is 2.32. The van der Waals surface area contributed by atoms with Crippen molar-refractivity contribution in [1.29, 1.82) is 0 Å². The van der Waals surface area contributed by atoms with Gasteiger partial charge in [-0.15, -0.1) is 0 Å². The molecule has 2 amide bonds. The molecule has 3 N–H and O–H groups in total. The molecular formula is C18H26N3O4+. The van der Waals surface area contributed by atoms with Crippen LogP contribution in [0.4, 0.5) is 0 Å². The number of hydrogen-bond donors (Lipinski definition) is 2. The van der Waals surface area contributed by atoms with Gasteiger partial charge in [-0.05, 0) is 24.6 Å². The predicted octanol–water partition coefficient (Wildman–Crippen LogP) is -0.456. The van der Waals surface area contributed by atoms with Gasteiger partial charge in [0, 0.05) is 31.8 Å².